The Balaban J connectivity index is 1.70. The molecule has 5 heteroatoms. The van der Waals surface area contributed by atoms with Crippen molar-refractivity contribution in [2.75, 3.05) is 13.2 Å². The molecule has 25 heavy (non-hydrogen) atoms. The van der Waals surface area contributed by atoms with Crippen molar-refractivity contribution < 1.29 is 19.4 Å². The van der Waals surface area contributed by atoms with Crippen molar-refractivity contribution >= 4 is 6.09 Å². The summed E-state index contributed by atoms with van der Waals surface area (Å²) in [6.45, 7) is 1.01. The van der Waals surface area contributed by atoms with Gasteiger partial charge in [0.05, 0.1) is 12.0 Å². The van der Waals surface area contributed by atoms with Gasteiger partial charge in [-0.1, -0.05) is 60.7 Å². The molecule has 2 unspecified atom stereocenters. The molecule has 2 aliphatic heterocycles. The summed E-state index contributed by atoms with van der Waals surface area (Å²) < 4.78 is 12.0. The molecule has 1 amide bonds. The number of hydrogen-bond donors (Lipinski definition) is 1. The van der Waals surface area contributed by atoms with Crippen LogP contribution in [0.15, 0.2) is 66.7 Å². The lowest BCUT2D eigenvalue weighted by molar-refractivity contribution is -0.0946. The van der Waals surface area contributed by atoms with Crippen molar-refractivity contribution in [2.24, 2.45) is 0 Å². The van der Waals surface area contributed by atoms with Crippen LogP contribution in [-0.4, -0.2) is 35.5 Å². The van der Waals surface area contributed by atoms with Crippen LogP contribution in [0.1, 0.15) is 11.1 Å². The van der Waals surface area contributed by atoms with Crippen molar-refractivity contribution in [1.82, 2.24) is 4.90 Å². The Labute approximate surface area is 146 Å². The maximum absolute atomic E-state index is 11.8. The molecule has 128 valence electrons. The van der Waals surface area contributed by atoms with Gasteiger partial charge in [0, 0.05) is 12.1 Å². The van der Waals surface area contributed by atoms with E-state index < -0.39 is 17.7 Å². The molecule has 2 atom stereocenters. The number of carboxylic acid groups (broad SMARTS) is 1. The fourth-order valence-electron chi connectivity index (χ4n) is 3.59. The second kappa shape index (κ2) is 6.26. The van der Waals surface area contributed by atoms with E-state index in [1.165, 1.54) is 4.90 Å². The van der Waals surface area contributed by atoms with E-state index in [0.29, 0.717) is 19.8 Å². The summed E-state index contributed by atoms with van der Waals surface area (Å²) in [5.74, 6) is 0.785. The van der Waals surface area contributed by atoms with Crippen LogP contribution in [0.25, 0.3) is 0 Å². The minimum atomic E-state index is -0.994. The van der Waals surface area contributed by atoms with E-state index in [9.17, 15) is 9.90 Å². The zero-order chi connectivity index (χ0) is 17.3. The number of carbonyl (C=O) groups is 1. The molecule has 2 aromatic carbocycles. The minimum absolute atomic E-state index is 0.304. The molecule has 0 saturated carbocycles. The van der Waals surface area contributed by atoms with Gasteiger partial charge in [0.1, 0.15) is 12.4 Å². The molecule has 0 aromatic heterocycles. The predicted octanol–water partition coefficient (Wildman–Crippen LogP) is 3.41. The van der Waals surface area contributed by atoms with E-state index in [1.807, 2.05) is 66.7 Å². The Bertz CT molecular complexity index is 804. The number of hydrogen-bond acceptors (Lipinski definition) is 3. The Kier molecular flexibility index (Phi) is 3.93. The molecule has 2 heterocycles. The number of nitrogens with zero attached hydrogens (tertiary/aromatic N) is 1. The number of ether oxygens (including phenoxy) is 2. The number of fused-ring (bicyclic) bond motifs is 2. The van der Waals surface area contributed by atoms with Gasteiger partial charge >= 0.3 is 6.09 Å². The molecule has 0 radical (unpaired) electrons. The largest absolute Gasteiger partial charge is 0.492 e. The van der Waals surface area contributed by atoms with Crippen LogP contribution >= 0.6 is 0 Å². The highest BCUT2D eigenvalue weighted by atomic mass is 16.5. The van der Waals surface area contributed by atoms with Gasteiger partial charge < -0.3 is 14.6 Å². The van der Waals surface area contributed by atoms with Crippen LogP contribution in [0.4, 0.5) is 4.79 Å². The molecule has 1 N–H and O–H groups in total. The van der Waals surface area contributed by atoms with Crippen molar-refractivity contribution in [3.05, 3.63) is 77.9 Å². The Morgan fingerprint density at radius 1 is 1.20 bits per heavy atom. The van der Waals surface area contributed by atoms with Gasteiger partial charge in [-0.05, 0) is 11.6 Å². The van der Waals surface area contributed by atoms with Gasteiger partial charge in [0.2, 0.25) is 0 Å². The normalized spacial score (nSPS) is 24.2. The van der Waals surface area contributed by atoms with E-state index in [1.54, 1.807) is 0 Å². The van der Waals surface area contributed by atoms with Gasteiger partial charge in [0.25, 0.3) is 0 Å². The first kappa shape index (κ1) is 15.7. The van der Waals surface area contributed by atoms with Crippen LogP contribution < -0.4 is 4.74 Å². The Morgan fingerprint density at radius 2 is 1.96 bits per heavy atom. The molecule has 4 rings (SSSR count). The van der Waals surface area contributed by atoms with E-state index >= 15 is 0 Å². The summed E-state index contributed by atoms with van der Waals surface area (Å²) >= 11 is 0. The first-order valence-electron chi connectivity index (χ1n) is 8.26. The topological polar surface area (TPSA) is 59.0 Å². The molecule has 1 spiro atoms. The molecule has 0 saturated heterocycles. The van der Waals surface area contributed by atoms with Gasteiger partial charge in [-0.15, -0.1) is 0 Å². The second-order valence-corrected chi connectivity index (χ2v) is 6.31. The lowest BCUT2D eigenvalue weighted by atomic mass is 9.78. The third-order valence-corrected chi connectivity index (χ3v) is 4.79. The van der Waals surface area contributed by atoms with E-state index in [0.717, 1.165) is 16.9 Å². The fraction of sp³-hybridized carbons (Fsp3) is 0.250. The maximum Gasteiger partial charge on any atom is 0.409 e. The minimum Gasteiger partial charge on any atom is -0.492 e. The highest BCUT2D eigenvalue weighted by Gasteiger charge is 2.51. The molecule has 2 aromatic rings. The summed E-state index contributed by atoms with van der Waals surface area (Å²) in [6, 6.07) is 17.5. The second-order valence-electron chi connectivity index (χ2n) is 6.31. The molecular formula is C20H19NO4. The molecule has 0 fully saturated rings. The molecular weight excluding hydrogens is 318 g/mol. The van der Waals surface area contributed by atoms with Crippen LogP contribution in [-0.2, 0) is 16.8 Å². The Hall–Kier alpha value is -2.79. The molecule has 2 aliphatic rings. The van der Waals surface area contributed by atoms with Crippen LogP contribution in [0, 0.1) is 0 Å². The van der Waals surface area contributed by atoms with Gasteiger partial charge in [-0.2, -0.15) is 0 Å². The Morgan fingerprint density at radius 3 is 2.76 bits per heavy atom. The highest BCUT2D eigenvalue weighted by molar-refractivity contribution is 5.67. The van der Waals surface area contributed by atoms with Gasteiger partial charge in [-0.25, -0.2) is 4.79 Å². The van der Waals surface area contributed by atoms with Crippen LogP contribution in [0.2, 0.25) is 0 Å². The first-order chi connectivity index (χ1) is 12.2. The van der Waals surface area contributed by atoms with E-state index in [-0.39, 0.29) is 0 Å². The number of para-hydroxylation sites is 1. The number of rotatable bonds is 3. The third kappa shape index (κ3) is 2.66. The monoisotopic (exact) mass is 337 g/mol. The average Bonchev–Trinajstić information content (AvgIpc) is 3.01. The number of benzene rings is 2. The SMILES string of the molecule is O=C(O)N1CC=CC2(COc3ccccc32)C1OCc1ccccc1. The molecule has 0 aliphatic carbocycles. The lowest BCUT2D eigenvalue weighted by Crippen LogP contribution is -2.56. The van der Waals surface area contributed by atoms with Crippen LogP contribution in [0.5, 0.6) is 5.75 Å². The summed E-state index contributed by atoms with van der Waals surface area (Å²) in [5, 5.41) is 9.67. The maximum atomic E-state index is 11.8. The van der Waals surface area contributed by atoms with E-state index in [2.05, 4.69) is 0 Å². The fourth-order valence-corrected chi connectivity index (χ4v) is 3.59. The predicted molar refractivity (Wildman–Crippen MR) is 92.5 cm³/mol. The first-order valence-corrected chi connectivity index (χ1v) is 8.26. The molecule has 5 nitrogen and oxygen atoms in total. The lowest BCUT2D eigenvalue weighted by Gasteiger charge is -2.42. The highest BCUT2D eigenvalue weighted by Crippen LogP contribution is 2.45. The average molecular weight is 337 g/mol. The van der Waals surface area contributed by atoms with Crippen molar-refractivity contribution in [3.8, 4) is 5.75 Å². The summed E-state index contributed by atoms with van der Waals surface area (Å²) in [6.07, 6.45) is 2.28. The van der Waals surface area contributed by atoms with Crippen LogP contribution in [0.3, 0.4) is 0 Å². The van der Waals surface area contributed by atoms with E-state index in [4.69, 9.17) is 9.47 Å². The standard InChI is InChI=1S/C20H19NO4/c22-19(23)21-12-6-11-20(14-25-17-10-5-4-9-16(17)20)18(21)24-13-15-7-2-1-3-8-15/h1-11,18H,12-14H2,(H,22,23). The zero-order valence-corrected chi connectivity index (χ0v) is 13.7. The quantitative estimate of drug-likeness (QED) is 0.872. The summed E-state index contributed by atoms with van der Waals surface area (Å²) in [7, 11) is 0. The smallest absolute Gasteiger partial charge is 0.409 e. The van der Waals surface area contributed by atoms with Gasteiger partial charge in [-0.3, -0.25) is 4.90 Å². The van der Waals surface area contributed by atoms with Gasteiger partial charge in [0.15, 0.2) is 6.23 Å². The van der Waals surface area contributed by atoms with Crippen molar-refractivity contribution in [1.29, 1.82) is 0 Å². The van der Waals surface area contributed by atoms with Crippen molar-refractivity contribution in [2.45, 2.75) is 18.2 Å². The number of amides is 1. The third-order valence-electron chi connectivity index (χ3n) is 4.79. The van der Waals surface area contributed by atoms with Crippen molar-refractivity contribution in [3.63, 3.8) is 0 Å². The molecule has 0 bridgehead atoms. The summed E-state index contributed by atoms with van der Waals surface area (Å²) in [5.41, 5.74) is 1.35. The zero-order valence-electron chi connectivity index (χ0n) is 13.7. The summed E-state index contributed by atoms with van der Waals surface area (Å²) in [4.78, 5) is 13.1.